The predicted octanol–water partition coefficient (Wildman–Crippen LogP) is 5.31. The first-order valence-electron chi connectivity index (χ1n) is 6.54. The molecular weight excluding hydrogens is 338 g/mol. The van der Waals surface area contributed by atoms with E-state index >= 15 is 0 Å². The molecule has 0 aliphatic rings. The van der Waals surface area contributed by atoms with Gasteiger partial charge in [-0.25, -0.2) is 0 Å². The number of aryl methyl sites for hydroxylation is 1. The third-order valence-corrected chi connectivity index (χ3v) is 3.85. The Bertz CT molecular complexity index is 601. The molecule has 0 bridgehead atoms. The Morgan fingerprint density at radius 3 is 2.75 bits per heavy atom. The average molecular weight is 355 g/mol. The SMILES string of the molecule is CCNCc1c(Cl)cccc1Oc1cc(Br)ccc1C. The molecule has 2 nitrogen and oxygen atoms in total. The summed E-state index contributed by atoms with van der Waals surface area (Å²) in [6, 6.07) is 11.7. The zero-order chi connectivity index (χ0) is 14.5. The van der Waals surface area contributed by atoms with Crippen LogP contribution in [0.3, 0.4) is 0 Å². The van der Waals surface area contributed by atoms with Gasteiger partial charge >= 0.3 is 0 Å². The van der Waals surface area contributed by atoms with Crippen LogP contribution in [0.25, 0.3) is 0 Å². The van der Waals surface area contributed by atoms with E-state index in [4.69, 9.17) is 16.3 Å². The largest absolute Gasteiger partial charge is 0.457 e. The maximum atomic E-state index is 6.27. The summed E-state index contributed by atoms with van der Waals surface area (Å²) in [6.07, 6.45) is 0. The minimum atomic E-state index is 0.693. The van der Waals surface area contributed by atoms with Crippen molar-refractivity contribution in [3.63, 3.8) is 0 Å². The van der Waals surface area contributed by atoms with E-state index in [1.54, 1.807) is 0 Å². The van der Waals surface area contributed by atoms with Gasteiger partial charge in [0.1, 0.15) is 11.5 Å². The molecule has 4 heteroatoms. The van der Waals surface area contributed by atoms with Crippen LogP contribution in [0.5, 0.6) is 11.5 Å². The van der Waals surface area contributed by atoms with Crippen molar-refractivity contribution in [3.8, 4) is 11.5 Å². The van der Waals surface area contributed by atoms with Gasteiger partial charge in [-0.3, -0.25) is 0 Å². The molecule has 0 amide bonds. The highest BCUT2D eigenvalue weighted by atomic mass is 79.9. The number of hydrogen-bond acceptors (Lipinski definition) is 2. The zero-order valence-electron chi connectivity index (χ0n) is 11.5. The summed E-state index contributed by atoms with van der Waals surface area (Å²) in [7, 11) is 0. The minimum Gasteiger partial charge on any atom is -0.457 e. The second-order valence-electron chi connectivity index (χ2n) is 4.51. The molecule has 0 unspecified atom stereocenters. The van der Waals surface area contributed by atoms with Crippen LogP contribution in [0.2, 0.25) is 5.02 Å². The first-order chi connectivity index (χ1) is 9.61. The van der Waals surface area contributed by atoms with Crippen molar-refractivity contribution in [2.24, 2.45) is 0 Å². The van der Waals surface area contributed by atoms with E-state index in [-0.39, 0.29) is 0 Å². The van der Waals surface area contributed by atoms with Crippen LogP contribution in [0.4, 0.5) is 0 Å². The topological polar surface area (TPSA) is 21.3 Å². The molecule has 0 spiro atoms. The molecule has 0 atom stereocenters. The maximum absolute atomic E-state index is 6.27. The Kier molecular flexibility index (Phi) is 5.46. The Morgan fingerprint density at radius 2 is 2.00 bits per heavy atom. The van der Waals surface area contributed by atoms with Crippen LogP contribution in [0, 0.1) is 6.92 Å². The highest BCUT2D eigenvalue weighted by molar-refractivity contribution is 9.10. The smallest absolute Gasteiger partial charge is 0.133 e. The van der Waals surface area contributed by atoms with E-state index in [0.29, 0.717) is 6.54 Å². The molecule has 20 heavy (non-hydrogen) atoms. The first-order valence-corrected chi connectivity index (χ1v) is 7.71. The minimum absolute atomic E-state index is 0.693. The summed E-state index contributed by atoms with van der Waals surface area (Å²) in [5.41, 5.74) is 2.07. The fraction of sp³-hybridized carbons (Fsp3) is 0.250. The predicted molar refractivity (Wildman–Crippen MR) is 87.8 cm³/mol. The van der Waals surface area contributed by atoms with Crippen LogP contribution >= 0.6 is 27.5 Å². The van der Waals surface area contributed by atoms with Crippen LogP contribution in [0.15, 0.2) is 40.9 Å². The molecule has 0 heterocycles. The third kappa shape index (κ3) is 3.75. The molecule has 0 radical (unpaired) electrons. The Balaban J connectivity index is 2.33. The van der Waals surface area contributed by atoms with Gasteiger partial charge in [0, 0.05) is 21.6 Å². The molecular formula is C16H17BrClNO. The van der Waals surface area contributed by atoms with Gasteiger partial charge < -0.3 is 10.1 Å². The average Bonchev–Trinajstić information content (AvgIpc) is 2.42. The number of halogens is 2. The molecule has 0 saturated carbocycles. The second kappa shape index (κ2) is 7.11. The van der Waals surface area contributed by atoms with E-state index in [1.165, 1.54) is 0 Å². The quantitative estimate of drug-likeness (QED) is 0.785. The monoisotopic (exact) mass is 353 g/mol. The molecule has 0 aliphatic carbocycles. The van der Waals surface area contributed by atoms with Gasteiger partial charge in [-0.15, -0.1) is 0 Å². The molecule has 1 N–H and O–H groups in total. The lowest BCUT2D eigenvalue weighted by molar-refractivity contribution is 0.469. The molecule has 2 rings (SSSR count). The Labute approximate surface area is 133 Å². The van der Waals surface area contributed by atoms with Gasteiger partial charge in [0.15, 0.2) is 0 Å². The second-order valence-corrected chi connectivity index (χ2v) is 5.83. The van der Waals surface area contributed by atoms with Crippen molar-refractivity contribution in [3.05, 3.63) is 57.0 Å². The summed E-state index contributed by atoms with van der Waals surface area (Å²) < 4.78 is 7.04. The molecule has 0 aliphatic heterocycles. The number of ether oxygens (including phenoxy) is 1. The fourth-order valence-corrected chi connectivity index (χ4v) is 2.43. The van der Waals surface area contributed by atoms with E-state index < -0.39 is 0 Å². The summed E-state index contributed by atoms with van der Waals surface area (Å²) in [5.74, 6) is 1.62. The number of benzene rings is 2. The van der Waals surface area contributed by atoms with Gasteiger partial charge in [0.2, 0.25) is 0 Å². The van der Waals surface area contributed by atoms with Crippen molar-refractivity contribution in [2.75, 3.05) is 6.54 Å². The summed E-state index contributed by atoms with van der Waals surface area (Å²) in [4.78, 5) is 0. The zero-order valence-corrected chi connectivity index (χ0v) is 13.9. The van der Waals surface area contributed by atoms with E-state index in [1.807, 2.05) is 43.3 Å². The Morgan fingerprint density at radius 1 is 1.20 bits per heavy atom. The number of nitrogens with one attached hydrogen (secondary N) is 1. The molecule has 2 aromatic rings. The highest BCUT2D eigenvalue weighted by Gasteiger charge is 2.10. The van der Waals surface area contributed by atoms with Crippen LogP contribution in [-0.2, 0) is 6.54 Å². The van der Waals surface area contributed by atoms with E-state index in [2.05, 4.69) is 28.2 Å². The number of rotatable bonds is 5. The lowest BCUT2D eigenvalue weighted by Crippen LogP contribution is -2.12. The van der Waals surface area contributed by atoms with Crippen LogP contribution in [-0.4, -0.2) is 6.54 Å². The van der Waals surface area contributed by atoms with Gasteiger partial charge in [-0.2, -0.15) is 0 Å². The molecule has 2 aromatic carbocycles. The van der Waals surface area contributed by atoms with Gasteiger partial charge in [0.05, 0.1) is 0 Å². The molecule has 0 fully saturated rings. The van der Waals surface area contributed by atoms with Crippen molar-refractivity contribution < 1.29 is 4.74 Å². The normalized spacial score (nSPS) is 10.6. The van der Waals surface area contributed by atoms with Gasteiger partial charge in [-0.1, -0.05) is 46.6 Å². The van der Waals surface area contributed by atoms with Gasteiger partial charge in [-0.05, 0) is 43.3 Å². The lowest BCUT2D eigenvalue weighted by atomic mass is 10.2. The molecule has 0 saturated heterocycles. The fourth-order valence-electron chi connectivity index (χ4n) is 1.86. The van der Waals surface area contributed by atoms with Crippen molar-refractivity contribution in [1.82, 2.24) is 5.32 Å². The van der Waals surface area contributed by atoms with Crippen LogP contribution in [0.1, 0.15) is 18.1 Å². The molecule has 0 aromatic heterocycles. The van der Waals surface area contributed by atoms with Crippen molar-refractivity contribution in [2.45, 2.75) is 20.4 Å². The van der Waals surface area contributed by atoms with Crippen molar-refractivity contribution in [1.29, 1.82) is 0 Å². The van der Waals surface area contributed by atoms with Crippen LogP contribution < -0.4 is 10.1 Å². The summed E-state index contributed by atoms with van der Waals surface area (Å²) >= 11 is 9.74. The maximum Gasteiger partial charge on any atom is 0.133 e. The third-order valence-electron chi connectivity index (χ3n) is 3.00. The van der Waals surface area contributed by atoms with E-state index in [9.17, 15) is 0 Å². The summed E-state index contributed by atoms with van der Waals surface area (Å²) in [5, 5.41) is 4.00. The highest BCUT2D eigenvalue weighted by Crippen LogP contribution is 2.33. The number of hydrogen-bond donors (Lipinski definition) is 1. The molecule has 106 valence electrons. The lowest BCUT2D eigenvalue weighted by Gasteiger charge is -2.14. The Hall–Kier alpha value is -1.03. The first kappa shape index (κ1) is 15.4. The van der Waals surface area contributed by atoms with Crippen molar-refractivity contribution >= 4 is 27.5 Å². The van der Waals surface area contributed by atoms with Gasteiger partial charge in [0.25, 0.3) is 0 Å². The van der Waals surface area contributed by atoms with E-state index in [0.717, 1.165) is 38.7 Å². The standard InChI is InChI=1S/C16H17BrClNO/c1-3-19-10-13-14(18)5-4-6-15(13)20-16-9-12(17)8-7-11(16)2/h4-9,19H,3,10H2,1-2H3. The summed E-state index contributed by atoms with van der Waals surface area (Å²) in [6.45, 7) is 5.67.